The highest BCUT2D eigenvalue weighted by Crippen LogP contribution is 2.43. The maximum atomic E-state index is 13.3. The molecule has 2 aliphatic rings. The molecular formula is C25H27N3O4. The number of aromatic nitrogens is 2. The number of amides is 1. The Kier molecular flexibility index (Phi) is 5.12. The number of carbonyl (C=O) groups excluding carboxylic acids is 1. The summed E-state index contributed by atoms with van der Waals surface area (Å²) in [6.45, 7) is 4.06. The van der Waals surface area contributed by atoms with Gasteiger partial charge in [0.2, 0.25) is 12.7 Å². The van der Waals surface area contributed by atoms with E-state index >= 15 is 0 Å². The van der Waals surface area contributed by atoms with Crippen molar-refractivity contribution in [2.45, 2.75) is 57.5 Å². The van der Waals surface area contributed by atoms with Gasteiger partial charge in [-0.05, 0) is 50.5 Å². The molecule has 0 saturated heterocycles. The van der Waals surface area contributed by atoms with E-state index in [1.165, 1.54) is 4.68 Å². The molecular weight excluding hydrogens is 406 g/mol. The van der Waals surface area contributed by atoms with Crippen LogP contribution in [-0.2, 0) is 16.8 Å². The molecule has 1 aromatic heterocycles. The van der Waals surface area contributed by atoms with E-state index in [1.807, 2.05) is 50.2 Å². The lowest BCUT2D eigenvalue weighted by atomic mass is 9.87. The van der Waals surface area contributed by atoms with Crippen LogP contribution in [0.4, 0.5) is 0 Å². The summed E-state index contributed by atoms with van der Waals surface area (Å²) < 4.78 is 12.5. The number of ether oxygens (including phenoxy) is 2. The molecule has 0 atom stereocenters. The Morgan fingerprint density at radius 2 is 1.81 bits per heavy atom. The highest BCUT2D eigenvalue weighted by Gasteiger charge is 2.38. The summed E-state index contributed by atoms with van der Waals surface area (Å²) in [5.41, 5.74) is 1.09. The third-order valence-corrected chi connectivity index (χ3v) is 6.48. The third-order valence-electron chi connectivity index (χ3n) is 6.48. The minimum Gasteiger partial charge on any atom is -0.454 e. The zero-order valence-corrected chi connectivity index (χ0v) is 18.4. The summed E-state index contributed by atoms with van der Waals surface area (Å²) in [5, 5.41) is 9.20. The van der Waals surface area contributed by atoms with Crippen LogP contribution < -0.4 is 20.3 Å². The number of hydrogen-bond acceptors (Lipinski definition) is 5. The van der Waals surface area contributed by atoms with Crippen LogP contribution >= 0.6 is 0 Å². The highest BCUT2D eigenvalue weighted by atomic mass is 16.7. The van der Waals surface area contributed by atoms with Gasteiger partial charge in [0.1, 0.15) is 0 Å². The number of nitrogens with one attached hydrogen (secondary N) is 1. The molecule has 0 bridgehead atoms. The summed E-state index contributed by atoms with van der Waals surface area (Å²) in [7, 11) is 0. The first-order valence-electron chi connectivity index (χ1n) is 11.2. The number of nitrogens with zero attached hydrogens (tertiary/aromatic N) is 2. The minimum absolute atomic E-state index is 0.0938. The molecule has 0 unspecified atom stereocenters. The molecule has 2 aromatic carbocycles. The molecule has 3 aromatic rings. The fourth-order valence-corrected chi connectivity index (χ4v) is 4.88. The number of hydrogen-bond donors (Lipinski definition) is 1. The molecule has 0 radical (unpaired) electrons. The van der Waals surface area contributed by atoms with Crippen molar-refractivity contribution < 1.29 is 14.3 Å². The second-order valence-electron chi connectivity index (χ2n) is 8.92. The largest absolute Gasteiger partial charge is 0.454 e. The van der Waals surface area contributed by atoms with Gasteiger partial charge in [-0.1, -0.05) is 37.1 Å². The SMILES string of the molecule is CC(C)n1nc(CC(=O)NC2(c3ccc4c(c3)OCO4)CCCC2)c2ccccc2c1=O. The molecule has 1 fully saturated rings. The first-order chi connectivity index (χ1) is 15.5. The van der Waals surface area contributed by atoms with Crippen molar-refractivity contribution in [3.8, 4) is 11.5 Å². The van der Waals surface area contributed by atoms with Crippen molar-refractivity contribution in [3.63, 3.8) is 0 Å². The van der Waals surface area contributed by atoms with Crippen LogP contribution in [0, 0.1) is 0 Å². The van der Waals surface area contributed by atoms with Crippen LogP contribution in [0.5, 0.6) is 11.5 Å². The molecule has 1 saturated carbocycles. The summed E-state index contributed by atoms with van der Waals surface area (Å²) in [6, 6.07) is 13.2. The molecule has 1 N–H and O–H groups in total. The van der Waals surface area contributed by atoms with E-state index in [0.29, 0.717) is 11.1 Å². The molecule has 2 heterocycles. The fourth-order valence-electron chi connectivity index (χ4n) is 4.88. The van der Waals surface area contributed by atoms with E-state index in [0.717, 1.165) is 48.1 Å². The summed E-state index contributed by atoms with van der Waals surface area (Å²) in [5.74, 6) is 1.36. The number of rotatable bonds is 5. The second kappa shape index (κ2) is 7.97. The maximum absolute atomic E-state index is 13.3. The van der Waals surface area contributed by atoms with Gasteiger partial charge in [0, 0.05) is 5.39 Å². The Bertz CT molecular complexity index is 1240. The van der Waals surface area contributed by atoms with Crippen molar-refractivity contribution in [2.24, 2.45) is 0 Å². The standard InChI is InChI=1S/C25H27N3O4/c1-16(2)28-24(30)19-8-4-3-7-18(19)20(27-28)14-23(29)26-25(11-5-6-12-25)17-9-10-21-22(13-17)32-15-31-21/h3-4,7-10,13,16H,5-6,11-12,14-15H2,1-2H3,(H,26,29). The van der Waals surface area contributed by atoms with Crippen molar-refractivity contribution in [1.82, 2.24) is 15.1 Å². The van der Waals surface area contributed by atoms with Crippen LogP contribution in [-0.4, -0.2) is 22.5 Å². The predicted octanol–water partition coefficient (Wildman–Crippen LogP) is 3.83. The van der Waals surface area contributed by atoms with Crippen molar-refractivity contribution in [2.75, 3.05) is 6.79 Å². The van der Waals surface area contributed by atoms with Gasteiger partial charge in [0.05, 0.1) is 29.1 Å². The highest BCUT2D eigenvalue weighted by molar-refractivity contribution is 5.88. The average Bonchev–Trinajstić information content (AvgIpc) is 3.45. The molecule has 5 rings (SSSR count). The molecule has 1 amide bonds. The van der Waals surface area contributed by atoms with E-state index in [-0.39, 0.29) is 30.7 Å². The molecule has 1 aliphatic carbocycles. The van der Waals surface area contributed by atoms with Gasteiger partial charge in [0.25, 0.3) is 5.56 Å². The molecule has 166 valence electrons. The first kappa shape index (κ1) is 20.5. The Morgan fingerprint density at radius 3 is 2.56 bits per heavy atom. The smallest absolute Gasteiger partial charge is 0.274 e. The Labute approximate surface area is 186 Å². The third kappa shape index (κ3) is 3.51. The fraction of sp³-hybridized carbons (Fsp3) is 0.400. The number of carbonyl (C=O) groups is 1. The summed E-state index contributed by atoms with van der Waals surface area (Å²) >= 11 is 0. The number of fused-ring (bicyclic) bond motifs is 2. The zero-order chi connectivity index (χ0) is 22.3. The first-order valence-corrected chi connectivity index (χ1v) is 11.2. The van der Waals surface area contributed by atoms with E-state index in [2.05, 4.69) is 10.4 Å². The monoisotopic (exact) mass is 433 g/mol. The molecule has 7 nitrogen and oxygen atoms in total. The number of benzene rings is 2. The average molecular weight is 434 g/mol. The van der Waals surface area contributed by atoms with E-state index < -0.39 is 5.54 Å². The quantitative estimate of drug-likeness (QED) is 0.661. The topological polar surface area (TPSA) is 82.5 Å². The van der Waals surface area contributed by atoms with E-state index in [1.54, 1.807) is 6.07 Å². The van der Waals surface area contributed by atoms with Crippen molar-refractivity contribution >= 4 is 16.7 Å². The zero-order valence-electron chi connectivity index (χ0n) is 18.4. The molecule has 7 heteroatoms. The maximum Gasteiger partial charge on any atom is 0.274 e. The van der Waals surface area contributed by atoms with Gasteiger partial charge in [-0.2, -0.15) is 5.10 Å². The Morgan fingerprint density at radius 1 is 1.09 bits per heavy atom. The lowest BCUT2D eigenvalue weighted by Gasteiger charge is -2.31. The summed E-state index contributed by atoms with van der Waals surface area (Å²) in [6.07, 6.45) is 3.96. The van der Waals surface area contributed by atoms with E-state index in [9.17, 15) is 9.59 Å². The Balaban J connectivity index is 1.47. The predicted molar refractivity (Wildman–Crippen MR) is 121 cm³/mol. The summed E-state index contributed by atoms with van der Waals surface area (Å²) in [4.78, 5) is 26.1. The van der Waals surface area contributed by atoms with Crippen LogP contribution in [0.2, 0.25) is 0 Å². The van der Waals surface area contributed by atoms with Crippen LogP contribution in [0.15, 0.2) is 47.3 Å². The molecule has 0 spiro atoms. The van der Waals surface area contributed by atoms with Gasteiger partial charge >= 0.3 is 0 Å². The van der Waals surface area contributed by atoms with Gasteiger partial charge in [-0.3, -0.25) is 9.59 Å². The van der Waals surface area contributed by atoms with Crippen LogP contribution in [0.25, 0.3) is 10.8 Å². The van der Waals surface area contributed by atoms with Gasteiger partial charge in [-0.15, -0.1) is 0 Å². The normalized spacial score (nSPS) is 16.6. The van der Waals surface area contributed by atoms with E-state index in [4.69, 9.17) is 9.47 Å². The van der Waals surface area contributed by atoms with Crippen molar-refractivity contribution in [3.05, 3.63) is 64.1 Å². The van der Waals surface area contributed by atoms with Crippen LogP contribution in [0.1, 0.15) is 56.8 Å². The van der Waals surface area contributed by atoms with Gasteiger partial charge < -0.3 is 14.8 Å². The molecule has 1 aliphatic heterocycles. The van der Waals surface area contributed by atoms with Gasteiger partial charge in [0.15, 0.2) is 11.5 Å². The minimum atomic E-state index is -0.430. The second-order valence-corrected chi connectivity index (χ2v) is 8.92. The van der Waals surface area contributed by atoms with Crippen molar-refractivity contribution in [1.29, 1.82) is 0 Å². The lowest BCUT2D eigenvalue weighted by molar-refractivity contribution is -0.122. The molecule has 32 heavy (non-hydrogen) atoms. The van der Waals surface area contributed by atoms with Gasteiger partial charge in [-0.25, -0.2) is 4.68 Å². The van der Waals surface area contributed by atoms with Crippen LogP contribution in [0.3, 0.4) is 0 Å². The lowest BCUT2D eigenvalue weighted by Crippen LogP contribution is -2.44. The Hall–Kier alpha value is -3.35.